The van der Waals surface area contributed by atoms with Gasteiger partial charge in [-0.25, -0.2) is 9.59 Å². The first-order chi connectivity index (χ1) is 17.7. The van der Waals surface area contributed by atoms with Crippen LogP contribution in [0.15, 0.2) is 42.5 Å². The minimum Gasteiger partial charge on any atom is -0.461 e. The van der Waals surface area contributed by atoms with Crippen molar-refractivity contribution in [3.05, 3.63) is 58.6 Å². The summed E-state index contributed by atoms with van der Waals surface area (Å²) >= 11 is 5.93. The Bertz CT molecular complexity index is 934. The quantitative estimate of drug-likeness (QED) is 0.198. The monoisotopic (exact) mass is 534 g/mol. The predicted octanol–water partition coefficient (Wildman–Crippen LogP) is 5.04. The molecule has 0 spiro atoms. The molecule has 0 saturated carbocycles. The molecule has 0 fully saturated rings. The normalized spacial score (nSPS) is 10.6. The topological polar surface area (TPSA) is 97.1 Å². The Morgan fingerprint density at radius 3 is 2.11 bits per heavy atom. The SMILES string of the molecule is CCCCNc1ccc(C(=O)OCCN(C)C)cc1.CCN(CC)CCOC(=O)c1ccc(N)cc1Cl. The van der Waals surface area contributed by atoms with Gasteiger partial charge in [-0.1, -0.05) is 38.8 Å². The largest absolute Gasteiger partial charge is 0.461 e. The highest BCUT2D eigenvalue weighted by atomic mass is 35.5. The summed E-state index contributed by atoms with van der Waals surface area (Å²) in [6, 6.07) is 12.2. The molecule has 0 aliphatic carbocycles. The molecular weight excluding hydrogens is 492 g/mol. The number of hydrogen-bond donors (Lipinski definition) is 2. The van der Waals surface area contributed by atoms with E-state index < -0.39 is 5.97 Å². The van der Waals surface area contributed by atoms with Crippen molar-refractivity contribution in [1.29, 1.82) is 0 Å². The molecule has 2 rings (SSSR count). The number of halogens is 1. The van der Waals surface area contributed by atoms with Gasteiger partial charge in [0, 0.05) is 31.0 Å². The van der Waals surface area contributed by atoms with E-state index in [2.05, 4.69) is 31.0 Å². The lowest BCUT2D eigenvalue weighted by Crippen LogP contribution is -2.27. The van der Waals surface area contributed by atoms with Crippen molar-refractivity contribution in [3.63, 3.8) is 0 Å². The van der Waals surface area contributed by atoms with E-state index >= 15 is 0 Å². The van der Waals surface area contributed by atoms with Gasteiger partial charge in [0.2, 0.25) is 0 Å². The van der Waals surface area contributed by atoms with E-state index in [0.29, 0.717) is 35.1 Å². The summed E-state index contributed by atoms with van der Waals surface area (Å²) in [4.78, 5) is 27.7. The van der Waals surface area contributed by atoms with E-state index in [1.165, 1.54) is 6.42 Å². The van der Waals surface area contributed by atoms with Gasteiger partial charge in [0.1, 0.15) is 13.2 Å². The summed E-state index contributed by atoms with van der Waals surface area (Å²) in [5, 5.41) is 3.63. The van der Waals surface area contributed by atoms with E-state index in [1.807, 2.05) is 31.1 Å². The molecule has 2 aromatic carbocycles. The highest BCUT2D eigenvalue weighted by Crippen LogP contribution is 2.19. The summed E-state index contributed by atoms with van der Waals surface area (Å²) in [6.07, 6.45) is 2.32. The van der Waals surface area contributed by atoms with Gasteiger partial charge in [0.05, 0.1) is 16.1 Å². The summed E-state index contributed by atoms with van der Waals surface area (Å²) in [6.45, 7) is 11.4. The fourth-order valence-electron chi connectivity index (χ4n) is 3.12. The zero-order chi connectivity index (χ0) is 27.6. The van der Waals surface area contributed by atoms with Crippen molar-refractivity contribution in [2.24, 2.45) is 0 Å². The molecule has 0 aromatic heterocycles. The number of ether oxygens (including phenoxy) is 2. The molecule has 0 bridgehead atoms. The number of carbonyl (C=O) groups is 2. The van der Waals surface area contributed by atoms with Crippen LogP contribution in [0.4, 0.5) is 11.4 Å². The molecule has 0 aliphatic rings. The molecule has 8 nitrogen and oxygen atoms in total. The lowest BCUT2D eigenvalue weighted by Gasteiger charge is -2.17. The molecule has 37 heavy (non-hydrogen) atoms. The summed E-state index contributed by atoms with van der Waals surface area (Å²) in [7, 11) is 3.90. The van der Waals surface area contributed by atoms with Crippen molar-refractivity contribution in [2.75, 3.05) is 71.1 Å². The summed E-state index contributed by atoms with van der Waals surface area (Å²) < 4.78 is 10.4. The van der Waals surface area contributed by atoms with Crippen molar-refractivity contribution < 1.29 is 19.1 Å². The number of rotatable bonds is 14. The molecule has 0 radical (unpaired) electrons. The molecule has 0 unspecified atom stereocenters. The Balaban J connectivity index is 0.000000371. The lowest BCUT2D eigenvalue weighted by molar-refractivity contribution is 0.0462. The fraction of sp³-hybridized carbons (Fsp3) is 0.500. The average Bonchev–Trinajstić information content (AvgIpc) is 2.87. The number of benzene rings is 2. The molecule has 3 N–H and O–H groups in total. The highest BCUT2D eigenvalue weighted by molar-refractivity contribution is 6.33. The fourth-order valence-corrected chi connectivity index (χ4v) is 3.39. The maximum Gasteiger partial charge on any atom is 0.339 e. The number of likely N-dealkylation sites (N-methyl/N-ethyl adjacent to an activating group) is 2. The Labute approximate surface area is 227 Å². The van der Waals surface area contributed by atoms with Crippen LogP contribution in [0.2, 0.25) is 5.02 Å². The zero-order valence-electron chi connectivity index (χ0n) is 22.9. The molecule has 0 atom stereocenters. The van der Waals surface area contributed by atoms with Gasteiger partial charge in [-0.15, -0.1) is 0 Å². The van der Waals surface area contributed by atoms with Crippen LogP contribution in [0.25, 0.3) is 0 Å². The van der Waals surface area contributed by atoms with Gasteiger partial charge >= 0.3 is 11.9 Å². The molecule has 206 valence electrons. The van der Waals surface area contributed by atoms with Gasteiger partial charge in [-0.05, 0) is 76.1 Å². The maximum absolute atomic E-state index is 11.8. The third kappa shape index (κ3) is 13.3. The first-order valence-corrected chi connectivity index (χ1v) is 13.2. The Morgan fingerprint density at radius 2 is 1.54 bits per heavy atom. The number of esters is 2. The smallest absolute Gasteiger partial charge is 0.339 e. The van der Waals surface area contributed by atoms with Crippen molar-refractivity contribution in [1.82, 2.24) is 9.80 Å². The van der Waals surface area contributed by atoms with E-state index in [0.717, 1.165) is 44.8 Å². The molecule has 0 saturated heterocycles. The third-order valence-electron chi connectivity index (χ3n) is 5.50. The number of nitrogens with zero attached hydrogens (tertiary/aromatic N) is 2. The standard InChI is InChI=1S/C15H24N2O2.C13H19ClN2O2/c1-4-5-10-16-14-8-6-13(7-9-14)15(18)19-12-11-17(2)3;1-3-16(4-2)7-8-18-13(17)11-6-5-10(15)9-12(11)14/h6-9,16H,4-5,10-12H2,1-3H3;5-6,9H,3-4,7-8,15H2,1-2H3. The van der Waals surface area contributed by atoms with Crippen LogP contribution >= 0.6 is 11.6 Å². The van der Waals surface area contributed by atoms with E-state index in [-0.39, 0.29) is 5.97 Å². The van der Waals surface area contributed by atoms with Crippen LogP contribution in [0.5, 0.6) is 0 Å². The highest BCUT2D eigenvalue weighted by Gasteiger charge is 2.12. The number of carbonyl (C=O) groups excluding carboxylic acids is 2. The van der Waals surface area contributed by atoms with Gasteiger partial charge in [-0.2, -0.15) is 0 Å². The van der Waals surface area contributed by atoms with Crippen LogP contribution in [0, 0.1) is 0 Å². The maximum atomic E-state index is 11.8. The lowest BCUT2D eigenvalue weighted by atomic mass is 10.2. The van der Waals surface area contributed by atoms with Gasteiger partial charge in [-0.3, -0.25) is 0 Å². The number of nitrogens with two attached hydrogens (primary N) is 1. The van der Waals surface area contributed by atoms with Crippen LogP contribution in [0.1, 0.15) is 54.3 Å². The van der Waals surface area contributed by atoms with Crippen LogP contribution in [-0.2, 0) is 9.47 Å². The van der Waals surface area contributed by atoms with Gasteiger partial charge in [0.25, 0.3) is 0 Å². The molecule has 9 heteroatoms. The van der Waals surface area contributed by atoms with Crippen LogP contribution in [0.3, 0.4) is 0 Å². The number of unbranched alkanes of at least 4 members (excludes halogenated alkanes) is 1. The summed E-state index contributed by atoms with van der Waals surface area (Å²) in [5.74, 6) is -0.672. The number of hydrogen-bond acceptors (Lipinski definition) is 8. The first kappa shape index (κ1) is 32.2. The minimum atomic E-state index is -0.410. The molecule has 0 aliphatic heterocycles. The van der Waals surface area contributed by atoms with E-state index in [4.69, 9.17) is 26.8 Å². The van der Waals surface area contributed by atoms with Crippen molar-refractivity contribution in [3.8, 4) is 0 Å². The number of nitrogens with one attached hydrogen (secondary N) is 1. The second-order valence-corrected chi connectivity index (χ2v) is 9.11. The van der Waals surface area contributed by atoms with Crippen molar-refractivity contribution in [2.45, 2.75) is 33.6 Å². The molecule has 2 aromatic rings. The van der Waals surface area contributed by atoms with Gasteiger partial charge in [0.15, 0.2) is 0 Å². The molecule has 0 heterocycles. The Hall–Kier alpha value is -2.81. The molecular formula is C28H43ClN4O4. The third-order valence-corrected chi connectivity index (χ3v) is 5.81. The van der Waals surface area contributed by atoms with E-state index in [9.17, 15) is 9.59 Å². The average molecular weight is 535 g/mol. The molecule has 0 amide bonds. The second-order valence-electron chi connectivity index (χ2n) is 8.70. The Morgan fingerprint density at radius 1 is 0.919 bits per heavy atom. The zero-order valence-corrected chi connectivity index (χ0v) is 23.6. The number of nitrogen functional groups attached to an aromatic ring is 1. The van der Waals surface area contributed by atoms with Crippen LogP contribution in [-0.4, -0.2) is 81.8 Å². The second kappa shape index (κ2) is 18.4. The summed E-state index contributed by atoms with van der Waals surface area (Å²) in [5.41, 5.74) is 8.08. The first-order valence-electron chi connectivity index (χ1n) is 12.8. The van der Waals surface area contributed by atoms with E-state index in [1.54, 1.807) is 30.3 Å². The minimum absolute atomic E-state index is 0.262. The Kier molecular flexibility index (Phi) is 16.1. The van der Waals surface area contributed by atoms with Gasteiger partial charge < -0.3 is 30.3 Å². The predicted molar refractivity (Wildman–Crippen MR) is 153 cm³/mol. The van der Waals surface area contributed by atoms with Crippen molar-refractivity contribution >= 4 is 34.9 Å². The number of anilines is 2. The van der Waals surface area contributed by atoms with Crippen LogP contribution < -0.4 is 11.1 Å².